The van der Waals surface area contributed by atoms with Crippen LogP contribution in [0.5, 0.6) is 0 Å². The van der Waals surface area contributed by atoms with E-state index < -0.39 is 9.84 Å². The van der Waals surface area contributed by atoms with Gasteiger partial charge in [0.2, 0.25) is 0 Å². The van der Waals surface area contributed by atoms with Gasteiger partial charge in [0, 0.05) is 32.4 Å². The van der Waals surface area contributed by atoms with Gasteiger partial charge in [-0.15, -0.1) is 0 Å². The molecule has 0 unspecified atom stereocenters. The number of hydrogen-bond acceptors (Lipinski definition) is 4. The second kappa shape index (κ2) is 9.00. The molecule has 1 aliphatic rings. The van der Waals surface area contributed by atoms with Crippen LogP contribution in [0.15, 0.2) is 53.4 Å². The molecule has 0 aromatic heterocycles. The molecule has 0 spiro atoms. The van der Waals surface area contributed by atoms with E-state index in [0.29, 0.717) is 4.90 Å². The van der Waals surface area contributed by atoms with Gasteiger partial charge in [0.1, 0.15) is 0 Å². The van der Waals surface area contributed by atoms with Gasteiger partial charge in [-0.05, 0) is 54.8 Å². The highest BCUT2D eigenvalue weighted by molar-refractivity contribution is 7.90. The highest BCUT2D eigenvalue weighted by atomic mass is 32.2. The van der Waals surface area contributed by atoms with E-state index >= 15 is 0 Å². The van der Waals surface area contributed by atoms with E-state index in [1.807, 2.05) is 12.1 Å². The molecule has 0 bridgehead atoms. The Morgan fingerprint density at radius 3 is 1.63 bits per heavy atom. The lowest BCUT2D eigenvalue weighted by atomic mass is 10.1. The van der Waals surface area contributed by atoms with Crippen molar-refractivity contribution in [1.29, 1.82) is 0 Å². The minimum Gasteiger partial charge on any atom is -0.298 e. The second-order valence-corrected chi connectivity index (χ2v) is 9.51. The van der Waals surface area contributed by atoms with Crippen LogP contribution in [0.1, 0.15) is 30.0 Å². The fraction of sp³-hybridized carbons (Fsp3) is 0.455. The van der Waals surface area contributed by atoms with Gasteiger partial charge in [-0.2, -0.15) is 0 Å². The highest BCUT2D eigenvalue weighted by Crippen LogP contribution is 2.15. The van der Waals surface area contributed by atoms with Gasteiger partial charge in [0.05, 0.1) is 4.90 Å². The van der Waals surface area contributed by atoms with E-state index in [4.69, 9.17) is 0 Å². The number of nitrogens with zero attached hydrogens (tertiary/aromatic N) is 2. The molecule has 0 atom stereocenters. The van der Waals surface area contributed by atoms with Crippen molar-refractivity contribution in [3.05, 3.63) is 65.2 Å². The van der Waals surface area contributed by atoms with Crippen molar-refractivity contribution in [2.24, 2.45) is 0 Å². The Morgan fingerprint density at radius 1 is 0.741 bits per heavy atom. The summed E-state index contributed by atoms with van der Waals surface area (Å²) >= 11 is 0. The van der Waals surface area contributed by atoms with Crippen LogP contribution < -0.4 is 0 Å². The molecular formula is C22H30N2O2S. The van der Waals surface area contributed by atoms with Gasteiger partial charge in [0.25, 0.3) is 0 Å². The van der Waals surface area contributed by atoms with Crippen LogP contribution in [0, 0.1) is 0 Å². The van der Waals surface area contributed by atoms with Crippen LogP contribution in [0.25, 0.3) is 0 Å². The van der Waals surface area contributed by atoms with Crippen molar-refractivity contribution < 1.29 is 8.42 Å². The molecule has 0 amide bonds. The van der Waals surface area contributed by atoms with Crippen molar-refractivity contribution in [3.8, 4) is 0 Å². The summed E-state index contributed by atoms with van der Waals surface area (Å²) in [4.78, 5) is 5.39. The molecule has 1 saturated heterocycles. The van der Waals surface area contributed by atoms with Crippen molar-refractivity contribution >= 4 is 9.84 Å². The minimum absolute atomic E-state index is 0.391. The van der Waals surface area contributed by atoms with Crippen LogP contribution in [-0.2, 0) is 29.3 Å². The maximum Gasteiger partial charge on any atom is 0.175 e. The minimum atomic E-state index is -3.12. The summed E-state index contributed by atoms with van der Waals surface area (Å²) in [6.45, 7) is 8.40. The Labute approximate surface area is 163 Å². The largest absolute Gasteiger partial charge is 0.298 e. The number of rotatable bonds is 6. The maximum absolute atomic E-state index is 11.6. The molecule has 146 valence electrons. The monoisotopic (exact) mass is 386 g/mol. The Kier molecular flexibility index (Phi) is 6.68. The number of aryl methyl sites for hydroxylation is 1. The van der Waals surface area contributed by atoms with Crippen LogP contribution in [-0.4, -0.2) is 50.7 Å². The van der Waals surface area contributed by atoms with E-state index in [0.717, 1.165) is 52.1 Å². The van der Waals surface area contributed by atoms with Gasteiger partial charge in [-0.25, -0.2) is 8.42 Å². The molecule has 1 aliphatic heterocycles. The SMILES string of the molecule is CCc1ccc(CN2CCCN(Cc3ccc(S(C)(=O)=O)cc3)CC2)cc1. The highest BCUT2D eigenvalue weighted by Gasteiger charge is 2.15. The van der Waals surface area contributed by atoms with Gasteiger partial charge in [-0.3, -0.25) is 9.80 Å². The van der Waals surface area contributed by atoms with E-state index in [-0.39, 0.29) is 0 Å². The van der Waals surface area contributed by atoms with E-state index in [1.54, 1.807) is 12.1 Å². The zero-order valence-electron chi connectivity index (χ0n) is 16.4. The Bertz CT molecular complexity index is 830. The topological polar surface area (TPSA) is 40.6 Å². The van der Waals surface area contributed by atoms with Crippen LogP contribution in [0.3, 0.4) is 0 Å². The zero-order valence-corrected chi connectivity index (χ0v) is 17.2. The third kappa shape index (κ3) is 5.89. The van der Waals surface area contributed by atoms with Crippen molar-refractivity contribution in [1.82, 2.24) is 9.80 Å². The second-order valence-electron chi connectivity index (χ2n) is 7.49. The lowest BCUT2D eigenvalue weighted by Crippen LogP contribution is -2.30. The number of sulfone groups is 1. The van der Waals surface area contributed by atoms with Gasteiger partial charge in [-0.1, -0.05) is 43.3 Å². The van der Waals surface area contributed by atoms with E-state index in [2.05, 4.69) is 41.0 Å². The van der Waals surface area contributed by atoms with Crippen molar-refractivity contribution in [3.63, 3.8) is 0 Å². The van der Waals surface area contributed by atoms with Crippen molar-refractivity contribution in [2.75, 3.05) is 32.4 Å². The molecule has 0 aliphatic carbocycles. The summed E-state index contributed by atoms with van der Waals surface area (Å²) in [6, 6.07) is 16.3. The normalized spacial score (nSPS) is 17.0. The Morgan fingerprint density at radius 2 is 1.19 bits per heavy atom. The summed E-state index contributed by atoms with van der Waals surface area (Å²) in [5, 5.41) is 0. The predicted octanol–water partition coefficient (Wildman–Crippen LogP) is 3.36. The molecule has 3 rings (SSSR count). The third-order valence-corrected chi connectivity index (χ3v) is 6.40. The van der Waals surface area contributed by atoms with Crippen LogP contribution in [0.2, 0.25) is 0 Å². The molecule has 0 radical (unpaired) electrons. The molecule has 1 heterocycles. The summed E-state index contributed by atoms with van der Waals surface area (Å²) in [5.74, 6) is 0. The average molecular weight is 387 g/mol. The van der Waals surface area contributed by atoms with Crippen molar-refractivity contribution in [2.45, 2.75) is 37.8 Å². The lowest BCUT2D eigenvalue weighted by Gasteiger charge is -2.22. The first kappa shape index (κ1) is 20.1. The lowest BCUT2D eigenvalue weighted by molar-refractivity contribution is 0.247. The van der Waals surface area contributed by atoms with Gasteiger partial charge < -0.3 is 0 Å². The maximum atomic E-state index is 11.6. The quantitative estimate of drug-likeness (QED) is 0.763. The van der Waals surface area contributed by atoms with Crippen LogP contribution in [0.4, 0.5) is 0 Å². The number of benzene rings is 2. The van der Waals surface area contributed by atoms with E-state index in [9.17, 15) is 8.42 Å². The first-order chi connectivity index (χ1) is 12.9. The summed E-state index contributed by atoms with van der Waals surface area (Å²) in [5.41, 5.74) is 3.95. The van der Waals surface area contributed by atoms with Gasteiger partial charge >= 0.3 is 0 Å². The number of hydrogen-bond donors (Lipinski definition) is 0. The average Bonchev–Trinajstić information content (AvgIpc) is 2.87. The zero-order chi connectivity index (χ0) is 19.3. The van der Waals surface area contributed by atoms with Crippen LogP contribution >= 0.6 is 0 Å². The predicted molar refractivity (Wildman–Crippen MR) is 111 cm³/mol. The van der Waals surface area contributed by atoms with Gasteiger partial charge in [0.15, 0.2) is 9.84 Å². The fourth-order valence-corrected chi connectivity index (χ4v) is 4.21. The molecule has 2 aromatic rings. The molecule has 2 aromatic carbocycles. The smallest absolute Gasteiger partial charge is 0.175 e. The Balaban J connectivity index is 1.53. The first-order valence-corrected chi connectivity index (χ1v) is 11.6. The third-order valence-electron chi connectivity index (χ3n) is 5.28. The summed E-state index contributed by atoms with van der Waals surface area (Å²) in [7, 11) is -3.12. The first-order valence-electron chi connectivity index (χ1n) is 9.75. The molecule has 0 N–H and O–H groups in total. The molecule has 5 heteroatoms. The molecular weight excluding hydrogens is 356 g/mol. The molecule has 27 heavy (non-hydrogen) atoms. The van der Waals surface area contributed by atoms with E-state index in [1.165, 1.54) is 22.9 Å². The molecule has 1 fully saturated rings. The molecule has 0 saturated carbocycles. The summed E-state index contributed by atoms with van der Waals surface area (Å²) < 4.78 is 23.2. The standard InChI is InChI=1S/C22H30N2O2S/c1-3-19-5-7-20(8-6-19)17-23-13-4-14-24(16-15-23)18-21-9-11-22(12-10-21)27(2,25)26/h5-12H,3-4,13-18H2,1-2H3. The summed E-state index contributed by atoms with van der Waals surface area (Å²) in [6.07, 6.45) is 3.50. The fourth-order valence-electron chi connectivity index (χ4n) is 3.58. The Hall–Kier alpha value is -1.69. The molecule has 4 nitrogen and oxygen atoms in total.